The molecule has 0 aliphatic carbocycles. The third-order valence-electron chi connectivity index (χ3n) is 1.90. The Hall–Kier alpha value is -1.72. The second kappa shape index (κ2) is 4.87. The summed E-state index contributed by atoms with van der Waals surface area (Å²) in [7, 11) is 0. The van der Waals surface area contributed by atoms with Crippen molar-refractivity contribution in [3.63, 3.8) is 0 Å². The molecule has 5 nitrogen and oxygen atoms in total. The van der Waals surface area contributed by atoms with E-state index in [4.69, 9.17) is 17.3 Å². The molecular weight excluding hydrogens is 226 g/mol. The number of nitrogens with two attached hydrogens (primary N) is 1. The molecule has 0 atom stereocenters. The lowest BCUT2D eigenvalue weighted by molar-refractivity contribution is 0.814. The Bertz CT molecular complexity index is 488. The van der Waals surface area contributed by atoms with Crippen molar-refractivity contribution in [1.29, 1.82) is 0 Å². The largest absolute Gasteiger partial charge is 0.327 e. The van der Waals surface area contributed by atoms with Crippen LogP contribution in [0.15, 0.2) is 30.6 Å². The van der Waals surface area contributed by atoms with E-state index in [2.05, 4.69) is 15.3 Å². The van der Waals surface area contributed by atoms with E-state index in [9.17, 15) is 0 Å². The molecule has 2 heterocycles. The summed E-state index contributed by atoms with van der Waals surface area (Å²) in [6.45, 7) is 0.506. The Balaban J connectivity index is 2.24. The van der Waals surface area contributed by atoms with Gasteiger partial charge < -0.3 is 5.73 Å². The number of hydrogen-bond donors (Lipinski definition) is 1. The van der Waals surface area contributed by atoms with Gasteiger partial charge in [-0.2, -0.15) is 5.10 Å². The van der Waals surface area contributed by atoms with Crippen molar-refractivity contribution in [3.05, 3.63) is 41.3 Å². The lowest BCUT2D eigenvalue weighted by atomic mass is 10.3. The van der Waals surface area contributed by atoms with Crippen molar-refractivity contribution in [2.45, 2.75) is 0 Å². The van der Waals surface area contributed by atoms with Gasteiger partial charge in [-0.1, -0.05) is 23.8 Å². The van der Waals surface area contributed by atoms with E-state index in [1.807, 2.05) is 18.3 Å². The van der Waals surface area contributed by atoms with Gasteiger partial charge in [0.15, 0.2) is 11.0 Å². The van der Waals surface area contributed by atoms with E-state index in [0.717, 1.165) is 5.56 Å². The Morgan fingerprint density at radius 3 is 2.94 bits per heavy atom. The molecule has 0 unspecified atom stereocenters. The average molecular weight is 236 g/mol. The third-order valence-corrected chi connectivity index (χ3v) is 2.10. The first kappa shape index (κ1) is 10.8. The zero-order chi connectivity index (χ0) is 11.4. The van der Waals surface area contributed by atoms with Gasteiger partial charge in [0.05, 0.1) is 6.20 Å². The molecule has 16 heavy (non-hydrogen) atoms. The van der Waals surface area contributed by atoms with Crippen LogP contribution in [0.1, 0.15) is 5.56 Å². The number of hydrogen-bond acceptors (Lipinski definition) is 4. The molecule has 2 aromatic rings. The Morgan fingerprint density at radius 2 is 2.25 bits per heavy atom. The van der Waals surface area contributed by atoms with Crippen LogP contribution in [-0.2, 0) is 0 Å². The molecule has 0 saturated carbocycles. The summed E-state index contributed by atoms with van der Waals surface area (Å²) in [4.78, 5) is 0. The third kappa shape index (κ3) is 2.44. The minimum Gasteiger partial charge on any atom is -0.327 e. The van der Waals surface area contributed by atoms with E-state index >= 15 is 0 Å². The van der Waals surface area contributed by atoms with E-state index < -0.39 is 0 Å². The average Bonchev–Trinajstić information content (AvgIpc) is 2.76. The molecule has 0 spiro atoms. The van der Waals surface area contributed by atoms with Crippen molar-refractivity contribution in [2.24, 2.45) is 5.73 Å². The van der Waals surface area contributed by atoms with Crippen molar-refractivity contribution in [3.8, 4) is 5.82 Å². The predicted molar refractivity (Wildman–Crippen MR) is 62.3 cm³/mol. The maximum absolute atomic E-state index is 5.64. The second-order valence-corrected chi connectivity index (χ2v) is 3.46. The van der Waals surface area contributed by atoms with Gasteiger partial charge in [0.2, 0.25) is 0 Å². The van der Waals surface area contributed by atoms with Gasteiger partial charge >= 0.3 is 0 Å². The molecule has 2 rings (SSSR count). The molecule has 0 aromatic carbocycles. The summed E-state index contributed by atoms with van der Waals surface area (Å²) >= 11 is 5.64. The second-order valence-electron chi connectivity index (χ2n) is 3.07. The van der Waals surface area contributed by atoms with Gasteiger partial charge in [0.1, 0.15) is 0 Å². The number of aromatic nitrogens is 4. The summed E-state index contributed by atoms with van der Waals surface area (Å²) in [6.07, 6.45) is 7.31. The van der Waals surface area contributed by atoms with Gasteiger partial charge in [0, 0.05) is 18.3 Å². The van der Waals surface area contributed by atoms with E-state index in [1.165, 1.54) is 0 Å². The molecule has 2 aromatic heterocycles. The van der Waals surface area contributed by atoms with Gasteiger partial charge in [0.25, 0.3) is 0 Å². The monoisotopic (exact) mass is 235 g/mol. The first-order chi connectivity index (χ1) is 7.79. The number of nitrogens with zero attached hydrogens (tertiary/aromatic N) is 4. The van der Waals surface area contributed by atoms with Crippen LogP contribution in [0.4, 0.5) is 0 Å². The predicted octanol–water partition coefficient (Wildman–Crippen LogP) is 1.29. The minimum atomic E-state index is 0.360. The lowest BCUT2D eigenvalue weighted by Crippen LogP contribution is -1.98. The molecule has 0 aliphatic heterocycles. The summed E-state index contributed by atoms with van der Waals surface area (Å²) in [5, 5.41) is 12.2. The summed E-state index contributed by atoms with van der Waals surface area (Å²) < 4.78 is 1.62. The topological polar surface area (TPSA) is 69.6 Å². The van der Waals surface area contributed by atoms with Crippen LogP contribution in [0, 0.1) is 0 Å². The van der Waals surface area contributed by atoms with E-state index in [-0.39, 0.29) is 0 Å². The molecule has 0 radical (unpaired) electrons. The summed E-state index contributed by atoms with van der Waals surface area (Å²) in [5.74, 6) is 0.622. The zero-order valence-corrected chi connectivity index (χ0v) is 9.17. The highest BCUT2D eigenvalue weighted by atomic mass is 35.5. The lowest BCUT2D eigenvalue weighted by Gasteiger charge is -1.97. The van der Waals surface area contributed by atoms with Crippen molar-refractivity contribution >= 4 is 17.7 Å². The molecule has 82 valence electrons. The fourth-order valence-electron chi connectivity index (χ4n) is 1.18. The Morgan fingerprint density at radius 1 is 1.38 bits per heavy atom. The van der Waals surface area contributed by atoms with Crippen molar-refractivity contribution in [2.75, 3.05) is 6.54 Å². The highest BCUT2D eigenvalue weighted by Crippen LogP contribution is 2.08. The smallest absolute Gasteiger partial charge is 0.175 e. The maximum atomic E-state index is 5.64. The molecule has 0 aliphatic rings. The first-order valence-electron chi connectivity index (χ1n) is 4.70. The molecule has 2 N–H and O–H groups in total. The highest BCUT2D eigenvalue weighted by molar-refractivity contribution is 6.29. The quantitative estimate of drug-likeness (QED) is 0.870. The number of halogens is 1. The molecule has 0 bridgehead atoms. The Labute approximate surface area is 97.6 Å². The first-order valence-corrected chi connectivity index (χ1v) is 5.08. The van der Waals surface area contributed by atoms with Crippen LogP contribution >= 0.6 is 11.6 Å². The standard InChI is InChI=1S/C10H10ClN5/c11-9-3-4-10(15-14-9)16-7-8(6-13-16)2-1-5-12/h1-4,6-7H,5,12H2. The van der Waals surface area contributed by atoms with Crippen molar-refractivity contribution in [1.82, 2.24) is 20.0 Å². The Kier molecular flexibility index (Phi) is 3.28. The maximum Gasteiger partial charge on any atom is 0.175 e. The van der Waals surface area contributed by atoms with Gasteiger partial charge in [-0.15, -0.1) is 10.2 Å². The van der Waals surface area contributed by atoms with Gasteiger partial charge in [-0.3, -0.25) is 0 Å². The molecule has 0 saturated heterocycles. The fraction of sp³-hybridized carbons (Fsp3) is 0.100. The van der Waals surface area contributed by atoms with E-state index in [1.54, 1.807) is 23.0 Å². The number of rotatable bonds is 3. The highest BCUT2D eigenvalue weighted by Gasteiger charge is 2.00. The molecular formula is C10H10ClN5. The minimum absolute atomic E-state index is 0.360. The van der Waals surface area contributed by atoms with Gasteiger partial charge in [-0.25, -0.2) is 4.68 Å². The molecule has 0 amide bonds. The van der Waals surface area contributed by atoms with Crippen LogP contribution in [0.25, 0.3) is 11.9 Å². The normalized spacial score (nSPS) is 11.1. The fourth-order valence-corrected chi connectivity index (χ4v) is 1.28. The summed E-state index contributed by atoms with van der Waals surface area (Å²) in [5.41, 5.74) is 6.32. The SMILES string of the molecule is NCC=Cc1cnn(-c2ccc(Cl)nn2)c1. The zero-order valence-electron chi connectivity index (χ0n) is 8.42. The van der Waals surface area contributed by atoms with E-state index in [0.29, 0.717) is 17.5 Å². The van der Waals surface area contributed by atoms with Crippen molar-refractivity contribution < 1.29 is 0 Å². The molecule has 0 fully saturated rings. The van der Waals surface area contributed by atoms with Gasteiger partial charge in [-0.05, 0) is 12.1 Å². The van der Waals surface area contributed by atoms with Crippen LogP contribution in [0.5, 0.6) is 0 Å². The molecule has 6 heteroatoms. The van der Waals surface area contributed by atoms with Crippen LogP contribution in [0.2, 0.25) is 5.15 Å². The summed E-state index contributed by atoms with van der Waals surface area (Å²) in [6, 6.07) is 3.42. The van der Waals surface area contributed by atoms with Crippen LogP contribution in [0.3, 0.4) is 0 Å². The van der Waals surface area contributed by atoms with Crippen LogP contribution in [-0.4, -0.2) is 26.5 Å². The van der Waals surface area contributed by atoms with Crippen LogP contribution < -0.4 is 5.73 Å².